The average molecular weight is 625 g/mol. The molecular formula is C36H44N6O4. The highest BCUT2D eigenvalue weighted by Crippen LogP contribution is 2.39. The maximum absolute atomic E-state index is 13.2. The van der Waals surface area contributed by atoms with Crippen LogP contribution in [0.4, 0.5) is 11.5 Å². The van der Waals surface area contributed by atoms with E-state index >= 15 is 0 Å². The van der Waals surface area contributed by atoms with Crippen LogP contribution in [-0.4, -0.2) is 79.0 Å². The van der Waals surface area contributed by atoms with Gasteiger partial charge in [-0.3, -0.25) is 14.4 Å². The zero-order chi connectivity index (χ0) is 32.4. The first-order chi connectivity index (χ1) is 22.2. The molecule has 0 spiro atoms. The molecule has 0 saturated carbocycles. The van der Waals surface area contributed by atoms with Crippen LogP contribution in [0.3, 0.4) is 0 Å². The van der Waals surface area contributed by atoms with Gasteiger partial charge in [0.15, 0.2) is 0 Å². The molecule has 2 bridgehead atoms. The smallest absolute Gasteiger partial charge is 0.308 e. The van der Waals surface area contributed by atoms with E-state index in [1.807, 2.05) is 19.1 Å². The number of nitrogens with zero attached hydrogens (tertiary/aromatic N) is 4. The maximum Gasteiger partial charge on any atom is 0.308 e. The van der Waals surface area contributed by atoms with Crippen molar-refractivity contribution in [2.75, 3.05) is 43.0 Å². The maximum atomic E-state index is 13.2. The van der Waals surface area contributed by atoms with E-state index in [0.717, 1.165) is 63.2 Å². The molecule has 1 aromatic heterocycles. The zero-order valence-corrected chi connectivity index (χ0v) is 27.2. The van der Waals surface area contributed by atoms with Gasteiger partial charge in [-0.15, -0.1) is 0 Å². The first-order valence-electron chi connectivity index (χ1n) is 16.3. The number of esters is 1. The molecule has 3 aliphatic rings. The summed E-state index contributed by atoms with van der Waals surface area (Å²) < 4.78 is 5.26. The Bertz CT molecular complexity index is 1550. The number of carbonyl (C=O) groups is 3. The van der Waals surface area contributed by atoms with Gasteiger partial charge in [0.25, 0.3) is 11.8 Å². The number of pyridine rings is 1. The molecule has 3 aliphatic heterocycles. The van der Waals surface area contributed by atoms with E-state index in [0.29, 0.717) is 22.4 Å². The summed E-state index contributed by atoms with van der Waals surface area (Å²) in [6.45, 7) is 9.32. The summed E-state index contributed by atoms with van der Waals surface area (Å²) in [4.78, 5) is 49.6. The number of nitrogens with one attached hydrogen (secondary N) is 2. The van der Waals surface area contributed by atoms with E-state index in [1.165, 1.54) is 12.6 Å². The minimum absolute atomic E-state index is 0.0418. The number of benzene rings is 2. The third-order valence-corrected chi connectivity index (χ3v) is 9.73. The quantitative estimate of drug-likeness (QED) is 0.279. The van der Waals surface area contributed by atoms with Gasteiger partial charge in [-0.05, 0) is 88.5 Å². The molecule has 3 aromatic rings. The van der Waals surface area contributed by atoms with Gasteiger partial charge >= 0.3 is 5.97 Å². The number of rotatable bonds is 8. The molecule has 0 aliphatic carbocycles. The predicted octanol–water partition coefficient (Wildman–Crippen LogP) is 4.49. The number of ether oxygens (including phenoxy) is 1. The van der Waals surface area contributed by atoms with Crippen LogP contribution in [-0.2, 0) is 4.79 Å². The number of piperazine rings is 1. The molecule has 10 nitrogen and oxygen atoms in total. The standard InChI is InChI=1S/C36H44N6O4/c1-23-32(6-5-7-33(23)46-25(3)43)36(45)39-28-20-30-13-14-31(21-28)42(30)34-15-10-27(22-37-34)35(44)38-24(2)26-8-11-29(12-9-26)41-18-16-40(4)17-19-41/h5-12,15,22,24,28,30-31H,13-14,16-21H2,1-4H3,(H,38,44)(H,39,45)/t24-,28?,30?,31?/m0/s1. The number of hydrogen-bond donors (Lipinski definition) is 2. The van der Waals surface area contributed by atoms with Crippen LogP contribution in [0.15, 0.2) is 60.8 Å². The molecule has 2 N–H and O–H groups in total. The van der Waals surface area contributed by atoms with Crippen molar-refractivity contribution in [2.24, 2.45) is 0 Å². The van der Waals surface area contributed by atoms with Crippen LogP contribution in [0.1, 0.15) is 77.4 Å². The van der Waals surface area contributed by atoms with Crippen LogP contribution < -0.4 is 25.2 Å². The Kier molecular flexibility index (Phi) is 9.26. The Morgan fingerprint density at radius 1 is 0.913 bits per heavy atom. The fourth-order valence-electron chi connectivity index (χ4n) is 7.13. The second-order valence-corrected chi connectivity index (χ2v) is 12.9. The van der Waals surface area contributed by atoms with Gasteiger partial charge in [0, 0.05) is 74.2 Å². The van der Waals surface area contributed by atoms with Crippen molar-refractivity contribution in [1.29, 1.82) is 0 Å². The lowest BCUT2D eigenvalue weighted by molar-refractivity contribution is -0.131. The SMILES string of the molecule is CC(=O)Oc1cccc(C(=O)NC2CC3CCC(C2)N3c2ccc(C(=O)N[C@@H](C)c3ccc(N4CCN(C)CC4)cc3)cn2)c1C. The van der Waals surface area contributed by atoms with Gasteiger partial charge < -0.3 is 30.1 Å². The number of amides is 2. The minimum Gasteiger partial charge on any atom is -0.426 e. The molecule has 46 heavy (non-hydrogen) atoms. The molecule has 2 amide bonds. The summed E-state index contributed by atoms with van der Waals surface area (Å²) in [5, 5.41) is 6.35. The molecule has 10 heteroatoms. The largest absolute Gasteiger partial charge is 0.426 e. The summed E-state index contributed by atoms with van der Waals surface area (Å²) in [7, 11) is 2.16. The first kappa shape index (κ1) is 31.5. The third-order valence-electron chi connectivity index (χ3n) is 9.73. The van der Waals surface area contributed by atoms with Crippen LogP contribution in [0, 0.1) is 6.92 Å². The Hall–Kier alpha value is -4.44. The van der Waals surface area contributed by atoms with Crippen molar-refractivity contribution >= 4 is 29.3 Å². The Morgan fingerprint density at radius 2 is 1.61 bits per heavy atom. The van der Waals surface area contributed by atoms with Gasteiger partial charge in [-0.1, -0.05) is 18.2 Å². The Labute approximate surface area is 271 Å². The lowest BCUT2D eigenvalue weighted by Gasteiger charge is -2.40. The van der Waals surface area contributed by atoms with Gasteiger partial charge in [0.1, 0.15) is 11.6 Å². The molecule has 3 atom stereocenters. The Morgan fingerprint density at radius 3 is 2.24 bits per heavy atom. The van der Waals surface area contributed by atoms with Crippen molar-refractivity contribution in [3.8, 4) is 5.75 Å². The molecular weight excluding hydrogens is 580 g/mol. The normalized spacial score (nSPS) is 21.9. The van der Waals surface area contributed by atoms with E-state index in [9.17, 15) is 14.4 Å². The monoisotopic (exact) mass is 624 g/mol. The van der Waals surface area contributed by atoms with Crippen LogP contribution in [0.5, 0.6) is 5.75 Å². The van der Waals surface area contributed by atoms with E-state index in [4.69, 9.17) is 9.72 Å². The summed E-state index contributed by atoms with van der Waals surface area (Å²) in [6.07, 6.45) is 5.38. The van der Waals surface area contributed by atoms with Gasteiger partial charge in [-0.25, -0.2) is 4.98 Å². The lowest BCUT2D eigenvalue weighted by Crippen LogP contribution is -2.50. The zero-order valence-electron chi connectivity index (χ0n) is 27.2. The minimum atomic E-state index is -0.413. The molecule has 6 rings (SSSR count). The number of hydrogen-bond acceptors (Lipinski definition) is 8. The van der Waals surface area contributed by atoms with Crippen molar-refractivity contribution in [2.45, 2.75) is 70.6 Å². The first-order valence-corrected chi connectivity index (χ1v) is 16.3. The van der Waals surface area contributed by atoms with Crippen molar-refractivity contribution in [1.82, 2.24) is 20.5 Å². The number of carbonyl (C=O) groups excluding carboxylic acids is 3. The van der Waals surface area contributed by atoms with Gasteiger partial charge in [-0.2, -0.15) is 0 Å². The highest BCUT2D eigenvalue weighted by molar-refractivity contribution is 5.96. The third kappa shape index (κ3) is 6.87. The van der Waals surface area contributed by atoms with E-state index in [-0.39, 0.29) is 36.0 Å². The fourth-order valence-corrected chi connectivity index (χ4v) is 7.13. The van der Waals surface area contributed by atoms with Crippen molar-refractivity contribution < 1.29 is 19.1 Å². The van der Waals surface area contributed by atoms with Crippen molar-refractivity contribution in [3.05, 3.63) is 83.0 Å². The van der Waals surface area contributed by atoms with E-state index in [2.05, 4.69) is 56.6 Å². The number of aromatic nitrogens is 1. The number of fused-ring (bicyclic) bond motifs is 2. The Balaban J connectivity index is 1.03. The molecule has 3 saturated heterocycles. The summed E-state index contributed by atoms with van der Waals surface area (Å²) in [6, 6.07) is 17.9. The van der Waals surface area contributed by atoms with E-state index < -0.39 is 5.97 Å². The topological polar surface area (TPSA) is 107 Å². The van der Waals surface area contributed by atoms with E-state index in [1.54, 1.807) is 31.3 Å². The van der Waals surface area contributed by atoms with Gasteiger partial charge in [0.2, 0.25) is 0 Å². The van der Waals surface area contributed by atoms with Gasteiger partial charge in [0.05, 0.1) is 11.6 Å². The molecule has 4 heterocycles. The second-order valence-electron chi connectivity index (χ2n) is 12.9. The summed E-state index contributed by atoms with van der Waals surface area (Å²) in [5.41, 5.74) is 3.98. The highest BCUT2D eigenvalue weighted by atomic mass is 16.5. The molecule has 2 unspecified atom stereocenters. The number of likely N-dealkylation sites (N-methyl/N-ethyl adjacent to an activating group) is 1. The molecule has 242 valence electrons. The number of piperidine rings is 1. The molecule has 0 radical (unpaired) electrons. The van der Waals surface area contributed by atoms with Crippen molar-refractivity contribution in [3.63, 3.8) is 0 Å². The van der Waals surface area contributed by atoms with Crippen LogP contribution in [0.25, 0.3) is 0 Å². The average Bonchev–Trinajstić information content (AvgIpc) is 3.31. The molecule has 3 fully saturated rings. The second kappa shape index (κ2) is 13.5. The molecule has 2 aromatic carbocycles. The highest BCUT2D eigenvalue weighted by Gasteiger charge is 2.42. The van der Waals surface area contributed by atoms with Crippen LogP contribution >= 0.6 is 0 Å². The summed E-state index contributed by atoms with van der Waals surface area (Å²) >= 11 is 0. The summed E-state index contributed by atoms with van der Waals surface area (Å²) in [5.74, 6) is 0.559. The fraction of sp³-hybridized carbons (Fsp3) is 0.444. The van der Waals surface area contributed by atoms with Crippen LogP contribution in [0.2, 0.25) is 0 Å². The predicted molar refractivity (Wildman–Crippen MR) is 179 cm³/mol. The number of anilines is 2. The lowest BCUT2D eigenvalue weighted by atomic mass is 9.96.